The maximum Gasteiger partial charge on any atom is 0.255 e. The fourth-order valence-corrected chi connectivity index (χ4v) is 3.74. The normalized spacial score (nSPS) is 15.7. The van der Waals surface area contributed by atoms with Gasteiger partial charge in [-0.1, -0.05) is 6.07 Å². The largest absolute Gasteiger partial charge is 0.496 e. The lowest BCUT2D eigenvalue weighted by Crippen LogP contribution is -2.14. The average molecular weight is 413 g/mol. The fourth-order valence-electron chi connectivity index (χ4n) is 3.74. The molecule has 0 aliphatic carbocycles. The van der Waals surface area contributed by atoms with Crippen molar-refractivity contribution < 1.29 is 9.53 Å². The van der Waals surface area contributed by atoms with Gasteiger partial charge in [0.2, 0.25) is 0 Å². The minimum Gasteiger partial charge on any atom is -0.496 e. The predicted octanol–water partition coefficient (Wildman–Crippen LogP) is 3.77. The highest BCUT2D eigenvalue weighted by Crippen LogP contribution is 2.27. The SMILES string of the molecule is COc1ccc(C(=O)Nc2cccc3nnc(C)cc23)cc1CC1CCNC1.Cl. The van der Waals surface area contributed by atoms with Crippen molar-refractivity contribution in [3.63, 3.8) is 0 Å². The van der Waals surface area contributed by atoms with E-state index < -0.39 is 0 Å². The Morgan fingerprint density at radius 3 is 2.86 bits per heavy atom. The van der Waals surface area contributed by atoms with Gasteiger partial charge in [-0.05, 0) is 80.7 Å². The molecule has 2 heterocycles. The van der Waals surface area contributed by atoms with Crippen LogP contribution in [0.5, 0.6) is 5.75 Å². The third-order valence-corrected chi connectivity index (χ3v) is 5.21. The molecule has 4 rings (SSSR count). The van der Waals surface area contributed by atoms with Gasteiger partial charge in [0.25, 0.3) is 5.91 Å². The Balaban J connectivity index is 0.00000240. The lowest BCUT2D eigenvalue weighted by molar-refractivity contribution is 0.102. The zero-order valence-electron chi connectivity index (χ0n) is 16.6. The zero-order valence-corrected chi connectivity index (χ0v) is 17.4. The number of aromatic nitrogens is 2. The third kappa shape index (κ3) is 4.66. The van der Waals surface area contributed by atoms with Crippen molar-refractivity contribution >= 4 is 34.9 Å². The van der Waals surface area contributed by atoms with Gasteiger partial charge >= 0.3 is 0 Å². The molecule has 0 radical (unpaired) electrons. The summed E-state index contributed by atoms with van der Waals surface area (Å²) in [6, 6.07) is 13.2. The van der Waals surface area contributed by atoms with E-state index in [4.69, 9.17) is 4.74 Å². The van der Waals surface area contributed by atoms with E-state index in [9.17, 15) is 4.79 Å². The van der Waals surface area contributed by atoms with Crippen molar-refractivity contribution in [2.45, 2.75) is 19.8 Å². The van der Waals surface area contributed by atoms with Crippen molar-refractivity contribution in [2.75, 3.05) is 25.5 Å². The molecule has 7 heteroatoms. The summed E-state index contributed by atoms with van der Waals surface area (Å²) in [5.41, 5.74) is 4.00. The molecule has 3 aromatic rings. The van der Waals surface area contributed by atoms with Gasteiger partial charge in [0.15, 0.2) is 0 Å². The van der Waals surface area contributed by atoms with E-state index in [2.05, 4.69) is 20.8 Å². The number of hydrogen-bond acceptors (Lipinski definition) is 5. The summed E-state index contributed by atoms with van der Waals surface area (Å²) < 4.78 is 5.51. The molecule has 0 bridgehead atoms. The molecular formula is C22H25ClN4O2. The summed E-state index contributed by atoms with van der Waals surface area (Å²) in [5, 5.41) is 15.6. The second-order valence-electron chi connectivity index (χ2n) is 7.27. The predicted molar refractivity (Wildman–Crippen MR) is 117 cm³/mol. The molecular weight excluding hydrogens is 388 g/mol. The van der Waals surface area contributed by atoms with Crippen LogP contribution in [-0.2, 0) is 6.42 Å². The van der Waals surface area contributed by atoms with Crippen LogP contribution in [0.2, 0.25) is 0 Å². The Morgan fingerprint density at radius 1 is 1.24 bits per heavy atom. The average Bonchev–Trinajstić information content (AvgIpc) is 3.21. The third-order valence-electron chi connectivity index (χ3n) is 5.21. The first kappa shape index (κ1) is 21.0. The van der Waals surface area contributed by atoms with Crippen molar-refractivity contribution in [1.29, 1.82) is 0 Å². The van der Waals surface area contributed by atoms with Crippen LogP contribution in [0.3, 0.4) is 0 Å². The first-order chi connectivity index (χ1) is 13.6. The minimum atomic E-state index is -0.143. The van der Waals surface area contributed by atoms with Crippen LogP contribution in [0.1, 0.15) is 28.0 Å². The second-order valence-corrected chi connectivity index (χ2v) is 7.27. The summed E-state index contributed by atoms with van der Waals surface area (Å²) in [7, 11) is 1.67. The number of ether oxygens (including phenoxy) is 1. The lowest BCUT2D eigenvalue weighted by atomic mass is 9.96. The summed E-state index contributed by atoms with van der Waals surface area (Å²) in [6.45, 7) is 3.95. The van der Waals surface area contributed by atoms with Crippen LogP contribution in [0, 0.1) is 12.8 Å². The number of hydrogen-bond donors (Lipinski definition) is 2. The van der Waals surface area contributed by atoms with Gasteiger partial charge in [0.1, 0.15) is 5.75 Å². The first-order valence-corrected chi connectivity index (χ1v) is 9.56. The minimum absolute atomic E-state index is 0. The molecule has 1 fully saturated rings. The molecule has 1 atom stereocenters. The van der Waals surface area contributed by atoms with E-state index in [-0.39, 0.29) is 18.3 Å². The Hall–Kier alpha value is -2.70. The van der Waals surface area contributed by atoms with E-state index >= 15 is 0 Å². The van der Waals surface area contributed by atoms with Crippen LogP contribution in [0.25, 0.3) is 10.9 Å². The maximum atomic E-state index is 12.9. The number of carbonyl (C=O) groups excluding carboxylic acids is 1. The Bertz CT molecular complexity index is 1020. The quantitative estimate of drug-likeness (QED) is 0.667. The highest BCUT2D eigenvalue weighted by atomic mass is 35.5. The van der Waals surface area contributed by atoms with E-state index in [1.54, 1.807) is 13.2 Å². The number of methoxy groups -OCH3 is 1. The van der Waals surface area contributed by atoms with E-state index in [0.29, 0.717) is 11.5 Å². The van der Waals surface area contributed by atoms with Crippen molar-refractivity contribution in [1.82, 2.24) is 15.5 Å². The van der Waals surface area contributed by atoms with Crippen LogP contribution < -0.4 is 15.4 Å². The van der Waals surface area contributed by atoms with Crippen LogP contribution >= 0.6 is 12.4 Å². The number of nitrogens with one attached hydrogen (secondary N) is 2. The highest BCUT2D eigenvalue weighted by Gasteiger charge is 2.19. The Labute approximate surface area is 176 Å². The Morgan fingerprint density at radius 2 is 2.10 bits per heavy atom. The molecule has 2 N–H and O–H groups in total. The molecule has 0 saturated carbocycles. The van der Waals surface area contributed by atoms with Gasteiger partial charge in [-0.2, -0.15) is 10.2 Å². The topological polar surface area (TPSA) is 76.1 Å². The number of benzene rings is 2. The molecule has 6 nitrogen and oxygen atoms in total. The number of halogens is 1. The number of amides is 1. The molecule has 1 aliphatic rings. The molecule has 152 valence electrons. The summed E-state index contributed by atoms with van der Waals surface area (Å²) >= 11 is 0. The van der Waals surface area contributed by atoms with E-state index in [1.165, 1.54) is 0 Å². The molecule has 0 spiro atoms. The number of fused-ring (bicyclic) bond motifs is 1. The Kier molecular flexibility index (Phi) is 6.67. The van der Waals surface area contributed by atoms with Gasteiger partial charge < -0.3 is 15.4 Å². The molecule has 1 aromatic heterocycles. The van der Waals surface area contributed by atoms with Gasteiger partial charge in [0, 0.05) is 10.9 Å². The van der Waals surface area contributed by atoms with Crippen molar-refractivity contribution in [2.24, 2.45) is 5.92 Å². The van der Waals surface area contributed by atoms with Crippen molar-refractivity contribution in [3.05, 3.63) is 59.3 Å². The second kappa shape index (κ2) is 9.20. The molecule has 2 aromatic carbocycles. The van der Waals surface area contributed by atoms with E-state index in [0.717, 1.165) is 59.5 Å². The summed E-state index contributed by atoms with van der Waals surface area (Å²) in [4.78, 5) is 12.9. The zero-order chi connectivity index (χ0) is 19.5. The molecule has 1 saturated heterocycles. The monoisotopic (exact) mass is 412 g/mol. The maximum absolute atomic E-state index is 12.9. The van der Waals surface area contributed by atoms with Gasteiger partial charge in [-0.25, -0.2) is 0 Å². The lowest BCUT2D eigenvalue weighted by Gasteiger charge is -2.14. The fraction of sp³-hybridized carbons (Fsp3) is 0.318. The molecule has 1 amide bonds. The van der Waals surface area contributed by atoms with Crippen LogP contribution in [-0.4, -0.2) is 36.3 Å². The smallest absolute Gasteiger partial charge is 0.255 e. The number of nitrogens with zero attached hydrogens (tertiary/aromatic N) is 2. The first-order valence-electron chi connectivity index (χ1n) is 9.56. The number of carbonyl (C=O) groups is 1. The molecule has 1 unspecified atom stereocenters. The highest BCUT2D eigenvalue weighted by molar-refractivity contribution is 6.08. The van der Waals surface area contributed by atoms with Crippen LogP contribution in [0.15, 0.2) is 42.5 Å². The van der Waals surface area contributed by atoms with E-state index in [1.807, 2.05) is 43.3 Å². The van der Waals surface area contributed by atoms with Crippen molar-refractivity contribution in [3.8, 4) is 5.75 Å². The molecule has 1 aliphatic heterocycles. The van der Waals surface area contributed by atoms with Gasteiger partial charge in [-0.3, -0.25) is 4.79 Å². The number of anilines is 1. The summed E-state index contributed by atoms with van der Waals surface area (Å²) in [6.07, 6.45) is 2.05. The summed E-state index contributed by atoms with van der Waals surface area (Å²) in [5.74, 6) is 1.27. The number of rotatable bonds is 5. The standard InChI is InChI=1S/C22H24N4O2.ClH/c1-14-10-18-19(4-3-5-20(18)26-25-14)24-22(27)16-6-7-21(28-2)17(12-16)11-15-8-9-23-13-15;/h3-7,10,12,15,23H,8-9,11,13H2,1-2H3,(H,24,27);1H. The van der Waals surface area contributed by atoms with Crippen LogP contribution in [0.4, 0.5) is 5.69 Å². The number of aryl methyl sites for hydroxylation is 1. The van der Waals surface area contributed by atoms with Gasteiger partial charge in [-0.15, -0.1) is 12.4 Å². The van der Waals surface area contributed by atoms with Gasteiger partial charge in [0.05, 0.1) is 24.0 Å². The molecule has 29 heavy (non-hydrogen) atoms.